The van der Waals surface area contributed by atoms with Gasteiger partial charge in [0.2, 0.25) is 5.95 Å². The van der Waals surface area contributed by atoms with Crippen LogP contribution >= 0.6 is 11.3 Å². The molecule has 1 saturated heterocycles. The molecule has 31 heavy (non-hydrogen) atoms. The van der Waals surface area contributed by atoms with Crippen molar-refractivity contribution in [3.05, 3.63) is 17.9 Å². The van der Waals surface area contributed by atoms with Crippen LogP contribution in [0.5, 0.6) is 0 Å². The summed E-state index contributed by atoms with van der Waals surface area (Å²) in [6.07, 6.45) is 8.49. The van der Waals surface area contributed by atoms with Gasteiger partial charge in [-0.25, -0.2) is 4.98 Å². The Hall–Kier alpha value is -2.30. The van der Waals surface area contributed by atoms with Crippen molar-refractivity contribution in [2.45, 2.75) is 57.7 Å². The fourth-order valence-corrected chi connectivity index (χ4v) is 5.11. The molecule has 2 aliphatic rings. The van der Waals surface area contributed by atoms with Crippen molar-refractivity contribution in [1.29, 1.82) is 0 Å². The molecule has 1 aliphatic heterocycles. The third kappa shape index (κ3) is 4.65. The van der Waals surface area contributed by atoms with Gasteiger partial charge in [0, 0.05) is 37.4 Å². The zero-order chi connectivity index (χ0) is 21.2. The van der Waals surface area contributed by atoms with Crippen molar-refractivity contribution < 1.29 is 4.74 Å². The first-order valence-corrected chi connectivity index (χ1v) is 12.0. The van der Waals surface area contributed by atoms with Gasteiger partial charge >= 0.3 is 0 Å². The molecule has 5 rings (SSSR count). The number of fused-ring (bicyclic) bond motifs is 1. The van der Waals surface area contributed by atoms with Crippen LogP contribution in [0.25, 0.3) is 10.3 Å². The zero-order valence-electron chi connectivity index (χ0n) is 18.1. The Morgan fingerprint density at radius 1 is 1.13 bits per heavy atom. The van der Waals surface area contributed by atoms with Crippen LogP contribution in [0.1, 0.15) is 45.6 Å². The number of hydrogen-bond acceptors (Lipinski definition) is 9. The Balaban J connectivity index is 1.27. The number of anilines is 3. The molecule has 0 atom stereocenters. The minimum Gasteiger partial charge on any atom is -0.379 e. The third-order valence-corrected chi connectivity index (χ3v) is 6.90. The molecule has 0 amide bonds. The molecule has 166 valence electrons. The SMILES string of the molecule is CC(C)n1cc(Nc2nc(NC3CCC(N4CCOCC4)CC3)c3ncsc3n2)cn1. The van der Waals surface area contributed by atoms with Crippen LogP contribution < -0.4 is 10.6 Å². The van der Waals surface area contributed by atoms with Crippen LogP contribution in [0.4, 0.5) is 17.5 Å². The second-order valence-electron chi connectivity index (χ2n) is 8.63. The summed E-state index contributed by atoms with van der Waals surface area (Å²) in [4.78, 5) is 17.4. The Kier molecular flexibility index (Phi) is 6.02. The number of aromatic nitrogens is 5. The predicted molar refractivity (Wildman–Crippen MR) is 123 cm³/mol. The van der Waals surface area contributed by atoms with Crippen LogP contribution in [-0.4, -0.2) is 68.0 Å². The maximum atomic E-state index is 5.51. The van der Waals surface area contributed by atoms with Crippen LogP contribution in [0.15, 0.2) is 17.9 Å². The molecule has 0 bridgehead atoms. The Bertz CT molecular complexity index is 1000. The highest BCUT2D eigenvalue weighted by atomic mass is 32.1. The van der Waals surface area contributed by atoms with Gasteiger partial charge in [0.05, 0.1) is 30.6 Å². The van der Waals surface area contributed by atoms with E-state index in [-0.39, 0.29) is 0 Å². The molecule has 0 unspecified atom stereocenters. The Morgan fingerprint density at radius 3 is 2.68 bits per heavy atom. The second kappa shape index (κ2) is 9.05. The van der Waals surface area contributed by atoms with Gasteiger partial charge in [-0.15, -0.1) is 11.3 Å². The van der Waals surface area contributed by atoms with Crippen molar-refractivity contribution in [3.8, 4) is 0 Å². The summed E-state index contributed by atoms with van der Waals surface area (Å²) in [7, 11) is 0. The zero-order valence-corrected chi connectivity index (χ0v) is 18.9. The van der Waals surface area contributed by atoms with Crippen molar-refractivity contribution in [3.63, 3.8) is 0 Å². The normalized spacial score (nSPS) is 22.8. The number of thiazole rings is 1. The van der Waals surface area contributed by atoms with Gasteiger partial charge < -0.3 is 15.4 Å². The van der Waals surface area contributed by atoms with Crippen LogP contribution in [-0.2, 0) is 4.74 Å². The van der Waals surface area contributed by atoms with Crippen molar-refractivity contribution in [2.24, 2.45) is 0 Å². The standard InChI is InChI=1S/C21H30N8OS/c1-14(2)29-12-16(11-23-29)25-21-26-19(18-20(27-21)31-13-22-18)24-15-3-5-17(6-4-15)28-7-9-30-10-8-28/h11-15,17H,3-10H2,1-2H3,(H2,24,25,26,27). The molecule has 3 aromatic rings. The molecular weight excluding hydrogens is 412 g/mol. The lowest BCUT2D eigenvalue weighted by Crippen LogP contribution is -2.46. The van der Waals surface area contributed by atoms with Crippen molar-refractivity contribution in [2.75, 3.05) is 36.9 Å². The molecule has 2 fully saturated rings. The van der Waals surface area contributed by atoms with E-state index in [9.17, 15) is 0 Å². The van der Waals surface area contributed by atoms with Crippen molar-refractivity contribution >= 4 is 39.1 Å². The lowest BCUT2D eigenvalue weighted by atomic mass is 9.90. The second-order valence-corrected chi connectivity index (χ2v) is 9.46. The maximum absolute atomic E-state index is 5.51. The number of ether oxygens (including phenoxy) is 1. The van der Waals surface area contributed by atoms with Gasteiger partial charge in [0.1, 0.15) is 5.52 Å². The molecule has 0 spiro atoms. The van der Waals surface area contributed by atoms with Crippen LogP contribution in [0.2, 0.25) is 0 Å². The maximum Gasteiger partial charge on any atom is 0.230 e. The van der Waals surface area contributed by atoms with E-state index in [0.717, 1.165) is 61.0 Å². The predicted octanol–water partition coefficient (Wildman–Crippen LogP) is 3.66. The number of hydrogen-bond donors (Lipinski definition) is 2. The molecule has 0 aromatic carbocycles. The fraction of sp³-hybridized carbons (Fsp3) is 0.619. The fourth-order valence-electron chi connectivity index (χ4n) is 4.45. The summed E-state index contributed by atoms with van der Waals surface area (Å²) < 4.78 is 7.42. The first-order valence-electron chi connectivity index (χ1n) is 11.2. The quantitative estimate of drug-likeness (QED) is 0.597. The highest BCUT2D eigenvalue weighted by Crippen LogP contribution is 2.30. The van der Waals surface area contributed by atoms with E-state index in [0.29, 0.717) is 24.1 Å². The van der Waals surface area contributed by atoms with E-state index < -0.39 is 0 Å². The molecule has 4 heterocycles. The smallest absolute Gasteiger partial charge is 0.230 e. The van der Waals surface area contributed by atoms with E-state index in [2.05, 4.69) is 44.4 Å². The van der Waals surface area contributed by atoms with E-state index >= 15 is 0 Å². The van der Waals surface area contributed by atoms with E-state index in [1.54, 1.807) is 6.20 Å². The highest BCUT2D eigenvalue weighted by Gasteiger charge is 2.27. The van der Waals surface area contributed by atoms with Crippen LogP contribution in [0, 0.1) is 0 Å². The minimum absolute atomic E-state index is 0.310. The van der Waals surface area contributed by atoms with Gasteiger partial charge in [-0.05, 0) is 39.5 Å². The average Bonchev–Trinajstić information content (AvgIpc) is 3.45. The molecule has 1 saturated carbocycles. The van der Waals surface area contributed by atoms with Gasteiger partial charge in [0.25, 0.3) is 0 Å². The molecule has 9 nitrogen and oxygen atoms in total. The first kappa shape index (κ1) is 20.6. The number of nitrogens with one attached hydrogen (secondary N) is 2. The summed E-state index contributed by atoms with van der Waals surface area (Å²) in [5.41, 5.74) is 3.57. The number of rotatable bonds is 6. The van der Waals surface area contributed by atoms with Crippen LogP contribution in [0.3, 0.4) is 0 Å². The lowest BCUT2D eigenvalue weighted by Gasteiger charge is -2.39. The topological polar surface area (TPSA) is 93.0 Å². The Morgan fingerprint density at radius 2 is 1.94 bits per heavy atom. The molecule has 1 aliphatic carbocycles. The molecule has 2 N–H and O–H groups in total. The van der Waals surface area contributed by atoms with E-state index in [1.807, 2.05) is 16.4 Å². The summed E-state index contributed by atoms with van der Waals surface area (Å²) in [5, 5.41) is 11.4. The van der Waals surface area contributed by atoms with Gasteiger partial charge in [-0.1, -0.05) is 0 Å². The lowest BCUT2D eigenvalue weighted by molar-refractivity contribution is 0.00791. The Labute approximate surface area is 186 Å². The van der Waals surface area contributed by atoms with E-state index in [4.69, 9.17) is 9.72 Å². The summed E-state index contributed by atoms with van der Waals surface area (Å²) >= 11 is 1.54. The number of morpholine rings is 1. The monoisotopic (exact) mass is 442 g/mol. The van der Waals surface area contributed by atoms with Gasteiger partial charge in [-0.2, -0.15) is 15.1 Å². The molecular formula is C21H30N8OS. The van der Waals surface area contributed by atoms with Gasteiger partial charge in [-0.3, -0.25) is 9.58 Å². The van der Waals surface area contributed by atoms with Crippen molar-refractivity contribution in [1.82, 2.24) is 29.6 Å². The van der Waals surface area contributed by atoms with Gasteiger partial charge in [0.15, 0.2) is 10.6 Å². The molecule has 10 heteroatoms. The third-order valence-electron chi connectivity index (χ3n) is 6.18. The molecule has 0 radical (unpaired) electrons. The highest BCUT2D eigenvalue weighted by molar-refractivity contribution is 7.16. The first-order chi connectivity index (χ1) is 15.2. The summed E-state index contributed by atoms with van der Waals surface area (Å²) in [5.74, 6) is 1.39. The van der Waals surface area contributed by atoms with E-state index in [1.165, 1.54) is 24.2 Å². The summed E-state index contributed by atoms with van der Waals surface area (Å²) in [6, 6.07) is 1.40. The number of nitrogens with zero attached hydrogens (tertiary/aromatic N) is 6. The molecule has 3 aromatic heterocycles. The minimum atomic E-state index is 0.310. The largest absolute Gasteiger partial charge is 0.379 e. The average molecular weight is 443 g/mol. The summed E-state index contributed by atoms with van der Waals surface area (Å²) in [6.45, 7) is 8.07.